The lowest BCUT2D eigenvalue weighted by Crippen LogP contribution is -2.25. The normalized spacial score (nSPS) is 12.1. The van der Waals surface area contributed by atoms with Crippen molar-refractivity contribution in [2.24, 2.45) is 5.92 Å². The Kier molecular flexibility index (Phi) is 5.16. The second-order valence-electron chi connectivity index (χ2n) is 4.42. The van der Waals surface area contributed by atoms with Gasteiger partial charge in [0.05, 0.1) is 19.6 Å². The minimum Gasteiger partial charge on any atom is -0.496 e. The van der Waals surface area contributed by atoms with Crippen LogP contribution in [-0.2, 0) is 4.79 Å². The number of hydrogen-bond acceptors (Lipinski definition) is 3. The van der Waals surface area contributed by atoms with Crippen LogP contribution in [0.2, 0.25) is 0 Å². The number of benzene rings is 1. The summed E-state index contributed by atoms with van der Waals surface area (Å²) in [5.74, 6) is 0.332. The number of hydrogen-bond donors (Lipinski definition) is 2. The van der Waals surface area contributed by atoms with Gasteiger partial charge in [0.25, 0.3) is 0 Å². The second-order valence-corrected chi connectivity index (χ2v) is 4.42. The van der Waals surface area contributed by atoms with Crippen LogP contribution in [0.25, 0.3) is 0 Å². The summed E-state index contributed by atoms with van der Waals surface area (Å²) in [5.41, 5.74) is 2.69. The Morgan fingerprint density at radius 2 is 1.94 bits per heavy atom. The smallest absolute Gasteiger partial charge is 0.229 e. The SMILES string of the molecule is CCC(CO)C(=O)Nc1cc(C)c(OC)c(C)c1. The summed E-state index contributed by atoms with van der Waals surface area (Å²) in [6, 6.07) is 3.74. The Morgan fingerprint density at radius 1 is 1.39 bits per heavy atom. The molecular formula is C14H21NO3. The lowest BCUT2D eigenvalue weighted by Gasteiger charge is -2.15. The first-order valence-electron chi connectivity index (χ1n) is 6.10. The predicted octanol–water partition coefficient (Wildman–Crippen LogP) is 2.27. The van der Waals surface area contributed by atoms with Gasteiger partial charge in [-0.15, -0.1) is 0 Å². The van der Waals surface area contributed by atoms with Crippen molar-refractivity contribution >= 4 is 11.6 Å². The van der Waals surface area contributed by atoms with Crippen LogP contribution in [0.5, 0.6) is 5.75 Å². The molecule has 0 saturated heterocycles. The molecule has 1 aromatic rings. The molecule has 100 valence electrons. The lowest BCUT2D eigenvalue weighted by molar-refractivity contribution is -0.121. The number of aliphatic hydroxyl groups is 1. The van der Waals surface area contributed by atoms with Crippen molar-refractivity contribution in [2.75, 3.05) is 19.0 Å². The minimum atomic E-state index is -0.354. The largest absolute Gasteiger partial charge is 0.496 e. The van der Waals surface area contributed by atoms with Crippen LogP contribution in [-0.4, -0.2) is 24.7 Å². The monoisotopic (exact) mass is 251 g/mol. The summed E-state index contributed by atoms with van der Waals surface area (Å²) in [4.78, 5) is 11.8. The summed E-state index contributed by atoms with van der Waals surface area (Å²) >= 11 is 0. The number of aliphatic hydroxyl groups excluding tert-OH is 1. The zero-order valence-electron chi connectivity index (χ0n) is 11.4. The van der Waals surface area contributed by atoms with Gasteiger partial charge in [0, 0.05) is 5.69 Å². The molecule has 0 aromatic heterocycles. The van der Waals surface area contributed by atoms with Gasteiger partial charge < -0.3 is 15.2 Å². The number of amides is 1. The van der Waals surface area contributed by atoms with Crippen LogP contribution in [0.4, 0.5) is 5.69 Å². The van der Waals surface area contributed by atoms with Gasteiger partial charge in [0.2, 0.25) is 5.91 Å². The Morgan fingerprint density at radius 3 is 2.33 bits per heavy atom. The maximum Gasteiger partial charge on any atom is 0.229 e. The summed E-state index contributed by atoms with van der Waals surface area (Å²) in [6.45, 7) is 5.62. The third-order valence-corrected chi connectivity index (χ3v) is 3.02. The number of carbonyl (C=O) groups excluding carboxylic acids is 1. The van der Waals surface area contributed by atoms with Crippen molar-refractivity contribution in [1.29, 1.82) is 0 Å². The molecule has 4 heteroatoms. The first kappa shape index (κ1) is 14.5. The molecule has 0 saturated carbocycles. The molecule has 0 spiro atoms. The maximum atomic E-state index is 11.8. The van der Waals surface area contributed by atoms with Crippen molar-refractivity contribution in [3.05, 3.63) is 23.3 Å². The maximum absolute atomic E-state index is 11.8. The highest BCUT2D eigenvalue weighted by Gasteiger charge is 2.16. The molecule has 0 radical (unpaired) electrons. The molecule has 4 nitrogen and oxygen atoms in total. The molecule has 1 unspecified atom stereocenters. The number of nitrogens with one attached hydrogen (secondary N) is 1. The van der Waals surface area contributed by atoms with Gasteiger partial charge in [-0.2, -0.15) is 0 Å². The molecule has 0 bridgehead atoms. The van der Waals surface area contributed by atoms with Crippen LogP contribution in [0.1, 0.15) is 24.5 Å². The summed E-state index contributed by atoms with van der Waals surface area (Å²) in [7, 11) is 1.63. The van der Waals surface area contributed by atoms with Gasteiger partial charge in [0.1, 0.15) is 5.75 Å². The Bertz CT molecular complexity index is 402. The highest BCUT2D eigenvalue weighted by atomic mass is 16.5. The fourth-order valence-electron chi connectivity index (χ4n) is 1.99. The van der Waals surface area contributed by atoms with Crippen molar-refractivity contribution in [3.63, 3.8) is 0 Å². The third kappa shape index (κ3) is 3.23. The van der Waals surface area contributed by atoms with E-state index >= 15 is 0 Å². The van der Waals surface area contributed by atoms with Crippen LogP contribution >= 0.6 is 0 Å². The zero-order chi connectivity index (χ0) is 13.7. The number of methoxy groups -OCH3 is 1. The van der Waals surface area contributed by atoms with Gasteiger partial charge >= 0.3 is 0 Å². The lowest BCUT2D eigenvalue weighted by atomic mass is 10.1. The van der Waals surface area contributed by atoms with E-state index < -0.39 is 0 Å². The first-order valence-corrected chi connectivity index (χ1v) is 6.10. The highest BCUT2D eigenvalue weighted by molar-refractivity contribution is 5.92. The molecular weight excluding hydrogens is 230 g/mol. The molecule has 18 heavy (non-hydrogen) atoms. The number of rotatable bonds is 5. The molecule has 1 atom stereocenters. The number of anilines is 1. The van der Waals surface area contributed by atoms with E-state index in [1.165, 1.54) is 0 Å². The van der Waals surface area contributed by atoms with E-state index in [9.17, 15) is 4.79 Å². The van der Waals surface area contributed by atoms with Gasteiger partial charge in [-0.3, -0.25) is 4.79 Å². The molecule has 0 aliphatic carbocycles. The topological polar surface area (TPSA) is 58.6 Å². The average molecular weight is 251 g/mol. The Balaban J connectivity index is 2.89. The van der Waals surface area contributed by atoms with Gasteiger partial charge in [-0.05, 0) is 43.5 Å². The minimum absolute atomic E-state index is 0.129. The number of carbonyl (C=O) groups is 1. The van der Waals surface area contributed by atoms with E-state index in [2.05, 4.69) is 5.32 Å². The summed E-state index contributed by atoms with van der Waals surface area (Å²) in [6.07, 6.45) is 0.621. The van der Waals surface area contributed by atoms with Crippen molar-refractivity contribution in [3.8, 4) is 5.75 Å². The fraction of sp³-hybridized carbons (Fsp3) is 0.500. The van der Waals surface area contributed by atoms with E-state index in [1.807, 2.05) is 32.9 Å². The van der Waals surface area contributed by atoms with Crippen molar-refractivity contribution < 1.29 is 14.6 Å². The van der Waals surface area contributed by atoms with Crippen LogP contribution in [0.3, 0.4) is 0 Å². The molecule has 1 amide bonds. The van der Waals surface area contributed by atoms with Gasteiger partial charge in [0.15, 0.2) is 0 Å². The Labute approximate surface area is 108 Å². The molecule has 0 fully saturated rings. The number of ether oxygens (including phenoxy) is 1. The van der Waals surface area contributed by atoms with E-state index in [4.69, 9.17) is 9.84 Å². The van der Waals surface area contributed by atoms with E-state index in [1.54, 1.807) is 7.11 Å². The molecule has 2 N–H and O–H groups in total. The van der Waals surface area contributed by atoms with E-state index in [0.717, 1.165) is 22.6 Å². The van der Waals surface area contributed by atoms with E-state index in [0.29, 0.717) is 6.42 Å². The summed E-state index contributed by atoms with van der Waals surface area (Å²) < 4.78 is 5.27. The zero-order valence-corrected chi connectivity index (χ0v) is 11.4. The predicted molar refractivity (Wildman–Crippen MR) is 72.0 cm³/mol. The standard InChI is InChI=1S/C14H21NO3/c1-5-11(8-16)14(17)15-12-6-9(2)13(18-4)10(3)7-12/h6-7,11,16H,5,8H2,1-4H3,(H,15,17). The highest BCUT2D eigenvalue weighted by Crippen LogP contribution is 2.27. The van der Waals surface area contributed by atoms with E-state index in [-0.39, 0.29) is 18.4 Å². The third-order valence-electron chi connectivity index (χ3n) is 3.02. The van der Waals surface area contributed by atoms with Crippen LogP contribution in [0, 0.1) is 19.8 Å². The van der Waals surface area contributed by atoms with Crippen molar-refractivity contribution in [1.82, 2.24) is 0 Å². The molecule has 0 heterocycles. The van der Waals surface area contributed by atoms with Crippen LogP contribution < -0.4 is 10.1 Å². The first-order chi connectivity index (χ1) is 8.53. The van der Waals surface area contributed by atoms with Gasteiger partial charge in [-0.1, -0.05) is 6.92 Å². The Hall–Kier alpha value is -1.55. The average Bonchev–Trinajstić information content (AvgIpc) is 2.30. The molecule has 0 aliphatic rings. The fourth-order valence-corrected chi connectivity index (χ4v) is 1.99. The quantitative estimate of drug-likeness (QED) is 0.844. The second kappa shape index (κ2) is 6.40. The van der Waals surface area contributed by atoms with Crippen molar-refractivity contribution in [2.45, 2.75) is 27.2 Å². The van der Waals surface area contributed by atoms with Gasteiger partial charge in [-0.25, -0.2) is 0 Å². The summed E-state index contributed by atoms with van der Waals surface area (Å²) in [5, 5.41) is 11.9. The van der Waals surface area contributed by atoms with Crippen LogP contribution in [0.15, 0.2) is 12.1 Å². The molecule has 1 rings (SSSR count). The number of aryl methyl sites for hydroxylation is 2. The molecule has 0 aliphatic heterocycles. The molecule has 1 aromatic carbocycles.